The Morgan fingerprint density at radius 2 is 1.62 bits per heavy atom. The molecule has 21 heavy (non-hydrogen) atoms. The lowest BCUT2D eigenvalue weighted by Crippen LogP contribution is -2.18. The monoisotopic (exact) mass is 290 g/mol. The average Bonchev–Trinajstić information content (AvgIpc) is 2.28. The minimum absolute atomic E-state index is 0.0764. The maximum atomic E-state index is 11.0. The van der Waals surface area contributed by atoms with E-state index in [1.807, 2.05) is 32.9 Å². The van der Waals surface area contributed by atoms with Crippen LogP contribution in [0.4, 0.5) is 0 Å². The summed E-state index contributed by atoms with van der Waals surface area (Å²) in [5.74, 6) is -0.856. The van der Waals surface area contributed by atoms with Crippen LogP contribution in [0.3, 0.4) is 0 Å². The van der Waals surface area contributed by atoms with Gasteiger partial charge in [-0.2, -0.15) is 0 Å². The Kier molecular flexibility index (Phi) is 4.57. The lowest BCUT2D eigenvalue weighted by molar-refractivity contribution is -0.132. The van der Waals surface area contributed by atoms with E-state index in [4.69, 9.17) is 5.11 Å². The number of carboxylic acids is 1. The van der Waals surface area contributed by atoms with Crippen molar-refractivity contribution in [2.45, 2.75) is 58.8 Å². The first kappa shape index (κ1) is 17.3. The van der Waals surface area contributed by atoms with Crippen LogP contribution in [0, 0.1) is 0 Å². The highest BCUT2D eigenvalue weighted by Crippen LogP contribution is 2.38. The molecule has 0 amide bonds. The fourth-order valence-corrected chi connectivity index (χ4v) is 2.14. The number of phenolic OH excluding ortho intramolecular Hbond substituents is 1. The molecule has 0 radical (unpaired) electrons. The van der Waals surface area contributed by atoms with Gasteiger partial charge in [-0.3, -0.25) is 0 Å². The van der Waals surface area contributed by atoms with E-state index in [0.29, 0.717) is 5.56 Å². The van der Waals surface area contributed by atoms with Gasteiger partial charge in [-0.05, 0) is 27.5 Å². The van der Waals surface area contributed by atoms with Crippen molar-refractivity contribution in [3.8, 4) is 5.75 Å². The number of aliphatic carboxylic acids is 1. The fraction of sp³-hybridized carbons (Fsp3) is 0.500. The highest BCUT2D eigenvalue weighted by Gasteiger charge is 2.25. The Labute approximate surface area is 127 Å². The number of hydrogen-bond acceptors (Lipinski definition) is 2. The van der Waals surface area contributed by atoms with Crippen LogP contribution in [0.5, 0.6) is 5.75 Å². The van der Waals surface area contributed by atoms with Crippen molar-refractivity contribution in [1.82, 2.24) is 0 Å². The molecule has 0 aliphatic rings. The Morgan fingerprint density at radius 3 is 2.00 bits per heavy atom. The van der Waals surface area contributed by atoms with E-state index >= 15 is 0 Å². The van der Waals surface area contributed by atoms with Crippen LogP contribution >= 0.6 is 0 Å². The van der Waals surface area contributed by atoms with Crippen LogP contribution in [-0.2, 0) is 22.0 Å². The maximum absolute atomic E-state index is 11.0. The van der Waals surface area contributed by atoms with E-state index in [9.17, 15) is 9.90 Å². The second-order valence-corrected chi connectivity index (χ2v) is 7.62. The Morgan fingerprint density at radius 1 is 1.10 bits per heavy atom. The van der Waals surface area contributed by atoms with Gasteiger partial charge in [0.2, 0.25) is 0 Å². The summed E-state index contributed by atoms with van der Waals surface area (Å²) in [6, 6.07) is 3.90. The number of phenols is 1. The Hall–Kier alpha value is -1.77. The van der Waals surface area contributed by atoms with E-state index in [1.165, 1.54) is 0 Å². The molecule has 0 aliphatic heterocycles. The summed E-state index contributed by atoms with van der Waals surface area (Å²) in [4.78, 5) is 11.0. The first-order valence-corrected chi connectivity index (χ1v) is 7.12. The number of carboxylic acid groups (broad SMARTS) is 1. The van der Waals surface area contributed by atoms with Crippen LogP contribution in [0.25, 0.3) is 0 Å². The van der Waals surface area contributed by atoms with Crippen LogP contribution in [-0.4, -0.2) is 16.2 Å². The van der Waals surface area contributed by atoms with Gasteiger partial charge in [0.1, 0.15) is 5.75 Å². The average molecular weight is 290 g/mol. The van der Waals surface area contributed by atoms with Gasteiger partial charge in [-0.25, -0.2) is 4.79 Å². The molecule has 2 N–H and O–H groups in total. The molecule has 0 fully saturated rings. The molecule has 0 saturated heterocycles. The fourth-order valence-electron chi connectivity index (χ4n) is 2.14. The van der Waals surface area contributed by atoms with Crippen molar-refractivity contribution in [2.24, 2.45) is 0 Å². The Bertz CT molecular complexity index is 569. The van der Waals surface area contributed by atoms with Gasteiger partial charge in [0.05, 0.1) is 0 Å². The van der Waals surface area contributed by atoms with Crippen LogP contribution < -0.4 is 0 Å². The van der Waals surface area contributed by atoms with Crippen molar-refractivity contribution in [2.75, 3.05) is 0 Å². The van der Waals surface area contributed by atoms with Crippen molar-refractivity contribution in [3.63, 3.8) is 0 Å². The molecule has 0 unspecified atom stereocenters. The van der Waals surface area contributed by atoms with E-state index in [1.54, 1.807) is 0 Å². The third-order valence-corrected chi connectivity index (χ3v) is 3.57. The number of hydrogen-bond donors (Lipinski definition) is 2. The zero-order valence-electron chi connectivity index (χ0n) is 13.9. The normalized spacial score (nSPS) is 12.3. The highest BCUT2D eigenvalue weighted by atomic mass is 16.4. The van der Waals surface area contributed by atoms with Crippen LogP contribution in [0.1, 0.15) is 58.2 Å². The summed E-state index contributed by atoms with van der Waals surface area (Å²) in [5.41, 5.74) is 2.33. The predicted octanol–water partition coefficient (Wildman–Crippen LogP) is 4.17. The van der Waals surface area contributed by atoms with E-state index in [-0.39, 0.29) is 28.6 Å². The first-order valence-electron chi connectivity index (χ1n) is 7.12. The second-order valence-electron chi connectivity index (χ2n) is 7.62. The minimum Gasteiger partial charge on any atom is -0.507 e. The summed E-state index contributed by atoms with van der Waals surface area (Å²) in [5, 5.41) is 19.5. The topological polar surface area (TPSA) is 57.5 Å². The smallest absolute Gasteiger partial charge is 0.331 e. The summed E-state index contributed by atoms with van der Waals surface area (Å²) >= 11 is 0. The molecule has 1 rings (SSSR count). The van der Waals surface area contributed by atoms with Crippen molar-refractivity contribution in [1.29, 1.82) is 0 Å². The van der Waals surface area contributed by atoms with Gasteiger partial charge in [0.15, 0.2) is 0 Å². The molecule has 1 aromatic rings. The van der Waals surface area contributed by atoms with Gasteiger partial charge in [-0.1, -0.05) is 60.3 Å². The van der Waals surface area contributed by atoms with Crippen molar-refractivity contribution < 1.29 is 15.0 Å². The molecule has 3 nitrogen and oxygen atoms in total. The van der Waals surface area contributed by atoms with Gasteiger partial charge >= 0.3 is 5.97 Å². The lowest BCUT2D eigenvalue weighted by Gasteiger charge is -2.27. The van der Waals surface area contributed by atoms with Crippen molar-refractivity contribution in [3.05, 3.63) is 41.0 Å². The molecule has 0 spiro atoms. The zero-order chi connectivity index (χ0) is 16.6. The molecular formula is C18H26O3. The molecule has 0 aromatic heterocycles. The number of aromatic hydroxyl groups is 1. The lowest BCUT2D eigenvalue weighted by atomic mass is 9.78. The zero-order valence-corrected chi connectivity index (χ0v) is 13.9. The number of carbonyl (C=O) groups is 1. The van der Waals surface area contributed by atoms with E-state index in [0.717, 1.165) is 11.1 Å². The van der Waals surface area contributed by atoms with Crippen molar-refractivity contribution >= 4 is 5.97 Å². The molecule has 0 heterocycles. The summed E-state index contributed by atoms with van der Waals surface area (Å²) < 4.78 is 0. The predicted molar refractivity (Wildman–Crippen MR) is 86.0 cm³/mol. The number of benzene rings is 1. The standard InChI is InChI=1S/C18H26O3/c1-11(16(20)21)8-12-9-13(17(2,3)4)10-14(15(12)19)18(5,6)7/h9-10,19H,1,8H2,2-7H3,(H,20,21). The van der Waals surface area contributed by atoms with E-state index in [2.05, 4.69) is 27.4 Å². The third-order valence-electron chi connectivity index (χ3n) is 3.57. The van der Waals surface area contributed by atoms with Gasteiger partial charge in [0.25, 0.3) is 0 Å². The number of rotatable bonds is 3. The van der Waals surface area contributed by atoms with Crippen LogP contribution in [0.15, 0.2) is 24.3 Å². The molecule has 0 atom stereocenters. The molecule has 3 heteroatoms. The van der Waals surface area contributed by atoms with Crippen LogP contribution in [0.2, 0.25) is 0 Å². The first-order chi connectivity index (χ1) is 9.34. The Balaban J connectivity index is 3.49. The molecule has 0 bridgehead atoms. The quantitative estimate of drug-likeness (QED) is 0.821. The third kappa shape index (κ3) is 4.10. The largest absolute Gasteiger partial charge is 0.507 e. The van der Waals surface area contributed by atoms with Gasteiger partial charge < -0.3 is 10.2 Å². The minimum atomic E-state index is -1.03. The molecule has 1 aromatic carbocycles. The molecule has 0 aliphatic carbocycles. The van der Waals surface area contributed by atoms with Gasteiger partial charge in [0, 0.05) is 12.0 Å². The van der Waals surface area contributed by atoms with Gasteiger partial charge in [-0.15, -0.1) is 0 Å². The SMILES string of the molecule is C=C(Cc1cc(C(C)(C)C)cc(C(C)(C)C)c1O)C(=O)O. The highest BCUT2D eigenvalue weighted by molar-refractivity contribution is 5.86. The van der Waals surface area contributed by atoms with E-state index < -0.39 is 5.97 Å². The summed E-state index contributed by atoms with van der Waals surface area (Å²) in [6.45, 7) is 16.0. The summed E-state index contributed by atoms with van der Waals surface area (Å²) in [7, 11) is 0. The summed E-state index contributed by atoms with van der Waals surface area (Å²) in [6.07, 6.45) is 0.147. The molecule has 0 saturated carbocycles. The second kappa shape index (κ2) is 5.55. The molecule has 116 valence electrons. The maximum Gasteiger partial charge on any atom is 0.331 e. The molecular weight excluding hydrogens is 264 g/mol.